The van der Waals surface area contributed by atoms with Crippen molar-refractivity contribution in [3.8, 4) is 5.75 Å². The molecule has 0 atom stereocenters. The molecule has 2 rings (SSSR count). The van der Waals surface area contributed by atoms with Crippen LogP contribution in [0.3, 0.4) is 0 Å². The SMILES string of the molecule is COc1ccc(Cl)cc1NC(=O)COC(=O)c1cccc(S(=O)(=O)N(C)C)c1. The summed E-state index contributed by atoms with van der Waals surface area (Å²) in [4.78, 5) is 24.2. The summed E-state index contributed by atoms with van der Waals surface area (Å²) in [6.45, 7) is -0.570. The molecule has 0 spiro atoms. The fourth-order valence-electron chi connectivity index (χ4n) is 2.17. The molecule has 2 aromatic rings. The third-order valence-corrected chi connectivity index (χ3v) is 5.66. The molecule has 1 amide bonds. The van der Waals surface area contributed by atoms with Gasteiger partial charge in [-0.1, -0.05) is 17.7 Å². The summed E-state index contributed by atoms with van der Waals surface area (Å²) in [5.74, 6) is -1.04. The van der Waals surface area contributed by atoms with Gasteiger partial charge in [-0.3, -0.25) is 4.79 Å². The Morgan fingerprint density at radius 1 is 1.14 bits per heavy atom. The van der Waals surface area contributed by atoms with Gasteiger partial charge >= 0.3 is 5.97 Å². The highest BCUT2D eigenvalue weighted by Gasteiger charge is 2.19. The molecule has 0 aliphatic carbocycles. The first-order valence-electron chi connectivity index (χ1n) is 7.98. The van der Waals surface area contributed by atoms with Crippen molar-refractivity contribution >= 4 is 39.2 Å². The molecule has 0 aliphatic heterocycles. The molecule has 28 heavy (non-hydrogen) atoms. The number of amides is 1. The molecule has 8 nitrogen and oxygen atoms in total. The number of hydrogen-bond donors (Lipinski definition) is 1. The Kier molecular flexibility index (Phi) is 7.00. The van der Waals surface area contributed by atoms with E-state index in [1.54, 1.807) is 12.1 Å². The monoisotopic (exact) mass is 426 g/mol. The average Bonchev–Trinajstić information content (AvgIpc) is 2.66. The second-order valence-corrected chi connectivity index (χ2v) is 8.37. The topological polar surface area (TPSA) is 102 Å². The van der Waals surface area contributed by atoms with Crippen molar-refractivity contribution in [3.05, 3.63) is 53.1 Å². The molecule has 2 aromatic carbocycles. The molecule has 0 aromatic heterocycles. The molecule has 0 aliphatic rings. The zero-order valence-electron chi connectivity index (χ0n) is 15.4. The predicted octanol–water partition coefficient (Wildman–Crippen LogP) is 2.39. The Labute approximate surface area is 168 Å². The largest absolute Gasteiger partial charge is 0.495 e. The third-order valence-electron chi connectivity index (χ3n) is 3.62. The lowest BCUT2D eigenvalue weighted by Crippen LogP contribution is -2.23. The van der Waals surface area contributed by atoms with Crippen LogP contribution in [0.4, 0.5) is 5.69 Å². The summed E-state index contributed by atoms with van der Waals surface area (Å²) < 4.78 is 35.4. The van der Waals surface area contributed by atoms with E-state index in [0.717, 1.165) is 4.31 Å². The van der Waals surface area contributed by atoms with Gasteiger partial charge in [-0.15, -0.1) is 0 Å². The molecule has 0 saturated heterocycles. The standard InChI is InChI=1S/C18H19ClN2O6S/c1-21(2)28(24,25)14-6-4-5-12(9-14)18(23)27-11-17(22)20-15-10-13(19)7-8-16(15)26-3/h4-10H,11H2,1-3H3,(H,20,22). The van der Waals surface area contributed by atoms with Crippen LogP contribution in [-0.2, 0) is 19.6 Å². The van der Waals surface area contributed by atoms with Gasteiger partial charge in [-0.05, 0) is 36.4 Å². The molecule has 150 valence electrons. The molecule has 0 bridgehead atoms. The normalized spacial score (nSPS) is 11.2. The molecule has 0 heterocycles. The molecule has 10 heteroatoms. The van der Waals surface area contributed by atoms with E-state index in [2.05, 4.69) is 5.32 Å². The van der Waals surface area contributed by atoms with Gasteiger partial charge in [0, 0.05) is 19.1 Å². The number of anilines is 1. The van der Waals surface area contributed by atoms with Gasteiger partial charge in [-0.25, -0.2) is 17.5 Å². The van der Waals surface area contributed by atoms with Gasteiger partial charge in [-0.2, -0.15) is 0 Å². The molecule has 0 unspecified atom stereocenters. The number of rotatable bonds is 7. The van der Waals surface area contributed by atoms with Crippen LogP contribution < -0.4 is 10.1 Å². The van der Waals surface area contributed by atoms with Crippen LogP contribution in [0, 0.1) is 0 Å². The van der Waals surface area contributed by atoms with E-state index in [4.69, 9.17) is 21.1 Å². The average molecular weight is 427 g/mol. The van der Waals surface area contributed by atoms with Crippen molar-refractivity contribution in [1.29, 1.82) is 0 Å². The number of ether oxygens (including phenoxy) is 2. The van der Waals surface area contributed by atoms with Crippen LogP contribution in [0.15, 0.2) is 47.4 Å². The fraction of sp³-hybridized carbons (Fsp3) is 0.222. The number of sulfonamides is 1. The summed E-state index contributed by atoms with van der Waals surface area (Å²) in [6, 6.07) is 10.1. The van der Waals surface area contributed by atoms with Crippen molar-refractivity contribution in [2.45, 2.75) is 4.90 Å². The maximum absolute atomic E-state index is 12.2. The van der Waals surface area contributed by atoms with Crippen LogP contribution in [0.25, 0.3) is 0 Å². The molecule has 1 N–H and O–H groups in total. The molecule has 0 fully saturated rings. The zero-order valence-corrected chi connectivity index (χ0v) is 17.0. The number of benzene rings is 2. The summed E-state index contributed by atoms with van der Waals surface area (Å²) in [7, 11) is 0.509. The van der Waals surface area contributed by atoms with E-state index in [9.17, 15) is 18.0 Å². The van der Waals surface area contributed by atoms with Crippen molar-refractivity contribution in [1.82, 2.24) is 4.31 Å². The Bertz CT molecular complexity index is 991. The summed E-state index contributed by atoms with van der Waals surface area (Å²) in [5.41, 5.74) is 0.339. The highest BCUT2D eigenvalue weighted by atomic mass is 35.5. The number of halogens is 1. The van der Waals surface area contributed by atoms with E-state index in [-0.39, 0.29) is 10.5 Å². The Hall–Kier alpha value is -2.62. The van der Waals surface area contributed by atoms with Crippen LogP contribution >= 0.6 is 11.6 Å². The zero-order chi connectivity index (χ0) is 20.9. The van der Waals surface area contributed by atoms with Gasteiger partial charge in [0.2, 0.25) is 10.0 Å². The highest BCUT2D eigenvalue weighted by Crippen LogP contribution is 2.27. The van der Waals surface area contributed by atoms with Crippen molar-refractivity contribution in [3.63, 3.8) is 0 Å². The molecule has 0 radical (unpaired) electrons. The maximum atomic E-state index is 12.2. The van der Waals surface area contributed by atoms with Gasteiger partial charge in [0.25, 0.3) is 5.91 Å². The number of hydrogen-bond acceptors (Lipinski definition) is 6. The van der Waals surface area contributed by atoms with Gasteiger partial charge < -0.3 is 14.8 Å². The van der Waals surface area contributed by atoms with Gasteiger partial charge in [0.05, 0.1) is 23.3 Å². The van der Waals surface area contributed by atoms with Crippen molar-refractivity contribution in [2.75, 3.05) is 33.1 Å². The Morgan fingerprint density at radius 3 is 2.50 bits per heavy atom. The number of nitrogens with zero attached hydrogens (tertiary/aromatic N) is 1. The first-order valence-corrected chi connectivity index (χ1v) is 9.80. The van der Waals surface area contributed by atoms with Gasteiger partial charge in [0.15, 0.2) is 6.61 Å². The minimum Gasteiger partial charge on any atom is -0.495 e. The molecule has 0 saturated carbocycles. The number of nitrogens with one attached hydrogen (secondary N) is 1. The van der Waals surface area contributed by atoms with E-state index >= 15 is 0 Å². The lowest BCUT2D eigenvalue weighted by atomic mass is 10.2. The van der Waals surface area contributed by atoms with E-state index in [0.29, 0.717) is 16.5 Å². The van der Waals surface area contributed by atoms with E-state index in [1.165, 1.54) is 51.5 Å². The van der Waals surface area contributed by atoms with Gasteiger partial charge in [0.1, 0.15) is 5.75 Å². The third kappa shape index (κ3) is 5.22. The van der Waals surface area contributed by atoms with E-state index in [1.807, 2.05) is 0 Å². The second kappa shape index (κ2) is 9.05. The fourth-order valence-corrected chi connectivity index (χ4v) is 3.29. The Balaban J connectivity index is 2.05. The molecular weight excluding hydrogens is 408 g/mol. The van der Waals surface area contributed by atoms with Crippen molar-refractivity contribution < 1.29 is 27.5 Å². The van der Waals surface area contributed by atoms with Crippen LogP contribution in [-0.4, -0.2) is 52.4 Å². The second-order valence-electron chi connectivity index (χ2n) is 5.78. The number of carbonyl (C=O) groups excluding carboxylic acids is 2. The number of esters is 1. The van der Waals surface area contributed by atoms with Crippen LogP contribution in [0.2, 0.25) is 5.02 Å². The predicted molar refractivity (Wildman–Crippen MR) is 104 cm³/mol. The maximum Gasteiger partial charge on any atom is 0.338 e. The smallest absolute Gasteiger partial charge is 0.338 e. The molecular formula is C18H19ClN2O6S. The number of methoxy groups -OCH3 is 1. The summed E-state index contributed by atoms with van der Waals surface area (Å²) in [5, 5.41) is 2.93. The highest BCUT2D eigenvalue weighted by molar-refractivity contribution is 7.89. The number of carbonyl (C=O) groups is 2. The summed E-state index contributed by atoms with van der Waals surface area (Å²) >= 11 is 5.89. The first kappa shape index (κ1) is 21.7. The van der Waals surface area contributed by atoms with E-state index < -0.39 is 28.5 Å². The summed E-state index contributed by atoms with van der Waals surface area (Å²) in [6.07, 6.45) is 0. The first-order chi connectivity index (χ1) is 13.1. The Morgan fingerprint density at radius 2 is 1.86 bits per heavy atom. The quantitative estimate of drug-likeness (QED) is 0.682. The minimum atomic E-state index is -3.70. The van der Waals surface area contributed by atoms with Crippen molar-refractivity contribution in [2.24, 2.45) is 0 Å². The minimum absolute atomic E-state index is 0.0102. The lowest BCUT2D eigenvalue weighted by Gasteiger charge is -2.12. The van der Waals surface area contributed by atoms with Crippen LogP contribution in [0.1, 0.15) is 10.4 Å². The van der Waals surface area contributed by atoms with Crippen LogP contribution in [0.5, 0.6) is 5.75 Å². The lowest BCUT2D eigenvalue weighted by molar-refractivity contribution is -0.119.